The molecule has 6 amide bonds. The van der Waals surface area contributed by atoms with Gasteiger partial charge in [-0.15, -0.1) is 0 Å². The molecule has 6 aromatic rings. The van der Waals surface area contributed by atoms with E-state index in [1.165, 1.54) is 0 Å². The lowest BCUT2D eigenvalue weighted by molar-refractivity contribution is -0.132. The topological polar surface area (TPSA) is 212 Å². The molecular weight excluding hydrogens is 929 g/mol. The van der Waals surface area contributed by atoms with Crippen LogP contribution in [0.2, 0.25) is 0 Å². The molecule has 16 heteroatoms. The molecule has 1 aliphatic heterocycles. The summed E-state index contributed by atoms with van der Waals surface area (Å²) in [5.41, 5.74) is 7.04. The second-order valence-electron chi connectivity index (χ2n) is 17.4. The van der Waals surface area contributed by atoms with Gasteiger partial charge in [-0.2, -0.15) is 0 Å². The third kappa shape index (κ3) is 16.7. The van der Waals surface area contributed by atoms with Crippen LogP contribution in [0.25, 0.3) is 11.1 Å². The Hall–Kier alpha value is -8.66. The van der Waals surface area contributed by atoms with Crippen molar-refractivity contribution in [2.75, 3.05) is 19.6 Å². The number of hydrogen-bond donors (Lipinski definition) is 6. The number of carbonyl (C=O) groups is 6. The first kappa shape index (κ1) is 52.2. The van der Waals surface area contributed by atoms with Gasteiger partial charge in [0, 0.05) is 32.5 Å². The van der Waals surface area contributed by atoms with Crippen molar-refractivity contribution in [3.8, 4) is 16.9 Å². The second kappa shape index (κ2) is 27.1. The van der Waals surface area contributed by atoms with Gasteiger partial charge in [-0.3, -0.25) is 14.4 Å². The summed E-state index contributed by atoms with van der Waals surface area (Å²) in [7, 11) is 0. The maximum absolute atomic E-state index is 14.7. The van der Waals surface area contributed by atoms with Crippen molar-refractivity contribution in [2.45, 2.75) is 77.2 Å². The number of rotatable bonds is 18. The van der Waals surface area contributed by atoms with Gasteiger partial charge in [0.05, 0.1) is 0 Å². The highest BCUT2D eigenvalue weighted by Gasteiger charge is 2.32. The van der Waals surface area contributed by atoms with Crippen LogP contribution in [0.5, 0.6) is 5.75 Å². The Morgan fingerprint density at radius 3 is 1.59 bits per heavy atom. The van der Waals surface area contributed by atoms with Gasteiger partial charge in [0.2, 0.25) is 17.7 Å². The Morgan fingerprint density at radius 1 is 0.521 bits per heavy atom. The monoisotopic (exact) mass is 988 g/mol. The first-order chi connectivity index (χ1) is 35.6. The van der Waals surface area contributed by atoms with Gasteiger partial charge in [0.25, 0.3) is 0 Å². The van der Waals surface area contributed by atoms with E-state index in [2.05, 4.69) is 31.9 Å². The van der Waals surface area contributed by atoms with Crippen LogP contribution in [0.4, 0.5) is 14.4 Å². The summed E-state index contributed by atoms with van der Waals surface area (Å²) in [6.45, 7) is 2.30. The maximum Gasteiger partial charge on any atom is 0.408 e. The maximum atomic E-state index is 14.7. The van der Waals surface area contributed by atoms with Gasteiger partial charge in [0.15, 0.2) is 0 Å². The minimum atomic E-state index is -1.30. The predicted octanol–water partition coefficient (Wildman–Crippen LogP) is 7.35. The average molecular weight is 989 g/mol. The first-order valence-corrected chi connectivity index (χ1v) is 24.2. The van der Waals surface area contributed by atoms with Crippen LogP contribution >= 0.6 is 0 Å². The molecule has 16 nitrogen and oxygen atoms in total. The molecule has 1 aliphatic rings. The predicted molar refractivity (Wildman–Crippen MR) is 274 cm³/mol. The molecule has 0 saturated carbocycles. The number of nitrogens with one attached hydrogen (secondary N) is 6. The molecule has 6 N–H and O–H groups in total. The van der Waals surface area contributed by atoms with E-state index in [1.54, 1.807) is 12.1 Å². The summed E-state index contributed by atoms with van der Waals surface area (Å²) in [6.07, 6.45) is -2.03. The zero-order chi connectivity index (χ0) is 51.2. The molecule has 378 valence electrons. The van der Waals surface area contributed by atoms with Crippen molar-refractivity contribution in [1.29, 1.82) is 0 Å². The summed E-state index contributed by atoms with van der Waals surface area (Å²) in [5, 5.41) is 16.6. The quantitative estimate of drug-likeness (QED) is 0.0372. The summed E-state index contributed by atoms with van der Waals surface area (Å²) in [5.74, 6) is -1.48. The molecule has 0 aromatic heterocycles. The summed E-state index contributed by atoms with van der Waals surface area (Å²) < 4.78 is 22.7. The second-order valence-corrected chi connectivity index (χ2v) is 17.4. The van der Waals surface area contributed by atoms with E-state index in [0.717, 1.165) is 44.5 Å². The van der Waals surface area contributed by atoms with Crippen molar-refractivity contribution in [3.63, 3.8) is 0 Å². The number of fused-ring (bicyclic) bond motifs is 5. The third-order valence-corrected chi connectivity index (χ3v) is 12.0. The fraction of sp³-hybridized carbons (Fsp3) is 0.263. The van der Waals surface area contributed by atoms with E-state index >= 15 is 0 Å². The van der Waals surface area contributed by atoms with E-state index in [-0.39, 0.29) is 71.7 Å². The molecule has 0 fully saturated rings. The standard InChI is InChI=1S/C57H60N6O10/c1-39-24-25-44-31-46(39)33-49(52(64)58-29-30-60-56(68)72-37-42-19-10-4-11-20-42)62-53(65)48(23-14-28-59-55(67)71-36-41-17-8-3-9-18-41)61-54(66)50(63-57(69)73-38-43-21-12-5-13-22-43)34-47-32-45(44)26-27-51(47)70-35-40-15-6-2-7-16-40/h2-13,15-22,24-27,31-32,48-50H,14,23,28-30,33-38H2,1H3,(H,58,64)(H,59,67)(H,60,68)(H,61,66)(H,62,65)(H,63,69)/t48-,49-,50-/m0/s1. The lowest BCUT2D eigenvalue weighted by atomic mass is 9.93. The minimum absolute atomic E-state index is 0.000495. The molecular formula is C57H60N6O10. The van der Waals surface area contributed by atoms with Crippen LogP contribution in [0.3, 0.4) is 0 Å². The van der Waals surface area contributed by atoms with Crippen LogP contribution in [0.15, 0.2) is 158 Å². The molecule has 6 aromatic carbocycles. The van der Waals surface area contributed by atoms with Crippen LogP contribution in [0, 0.1) is 6.92 Å². The van der Waals surface area contributed by atoms with Gasteiger partial charge in [-0.05, 0) is 82.0 Å². The SMILES string of the molecule is Cc1ccc2cc1C[C@@H](C(=O)NCCNC(=O)OCc1ccccc1)NC(=O)[C@H](CCCNC(=O)OCc1ccccc1)NC(=O)[C@@H](NC(=O)OCc1ccccc1)Cc1cc-2ccc1OCc1ccccc1. The Balaban J connectivity index is 1.15. The fourth-order valence-corrected chi connectivity index (χ4v) is 7.96. The number of hydrogen-bond acceptors (Lipinski definition) is 10. The number of carbonyl (C=O) groups excluding carboxylic acids is 6. The van der Waals surface area contributed by atoms with E-state index in [4.69, 9.17) is 18.9 Å². The average Bonchev–Trinajstić information content (AvgIpc) is 3.41. The molecule has 3 atom stereocenters. The van der Waals surface area contributed by atoms with E-state index in [0.29, 0.717) is 11.3 Å². The molecule has 0 spiro atoms. The smallest absolute Gasteiger partial charge is 0.408 e. The van der Waals surface area contributed by atoms with E-state index < -0.39 is 54.1 Å². The zero-order valence-corrected chi connectivity index (χ0v) is 40.6. The molecule has 73 heavy (non-hydrogen) atoms. The fourth-order valence-electron chi connectivity index (χ4n) is 7.96. The zero-order valence-electron chi connectivity index (χ0n) is 40.6. The van der Waals surface area contributed by atoms with Crippen LogP contribution in [-0.2, 0) is 67.9 Å². The largest absolute Gasteiger partial charge is 0.489 e. The number of alkyl carbamates (subject to hydrolysis) is 3. The molecule has 0 radical (unpaired) electrons. The lowest BCUT2D eigenvalue weighted by Gasteiger charge is -2.26. The first-order valence-electron chi connectivity index (χ1n) is 24.2. The van der Waals surface area contributed by atoms with Gasteiger partial charge < -0.3 is 50.8 Å². The molecule has 7 rings (SSSR count). The molecule has 0 unspecified atom stereocenters. The number of amides is 6. The van der Waals surface area contributed by atoms with Crippen LogP contribution < -0.4 is 36.6 Å². The molecule has 4 bridgehead atoms. The molecule has 1 heterocycles. The van der Waals surface area contributed by atoms with Gasteiger partial charge in [0.1, 0.15) is 50.3 Å². The van der Waals surface area contributed by atoms with Gasteiger partial charge >= 0.3 is 18.3 Å². The van der Waals surface area contributed by atoms with Crippen molar-refractivity contribution in [3.05, 3.63) is 197 Å². The summed E-state index contributed by atoms with van der Waals surface area (Å²) in [6, 6.07) is 44.8. The summed E-state index contributed by atoms with van der Waals surface area (Å²) in [4.78, 5) is 82.2. The minimum Gasteiger partial charge on any atom is -0.489 e. The summed E-state index contributed by atoms with van der Waals surface area (Å²) >= 11 is 0. The lowest BCUT2D eigenvalue weighted by Crippen LogP contribution is -2.57. The molecule has 0 saturated heterocycles. The van der Waals surface area contributed by atoms with Crippen LogP contribution in [0.1, 0.15) is 51.8 Å². The highest BCUT2D eigenvalue weighted by atomic mass is 16.6. The van der Waals surface area contributed by atoms with Crippen molar-refractivity contribution in [2.24, 2.45) is 0 Å². The normalized spacial score (nSPS) is 15.4. The van der Waals surface area contributed by atoms with E-state index in [9.17, 15) is 28.8 Å². The molecule has 0 aliphatic carbocycles. The Bertz CT molecular complexity index is 2780. The van der Waals surface area contributed by atoms with Crippen molar-refractivity contribution >= 4 is 36.0 Å². The number of benzene rings is 6. The number of aryl methyl sites for hydroxylation is 1. The van der Waals surface area contributed by atoms with Crippen molar-refractivity contribution in [1.82, 2.24) is 31.9 Å². The van der Waals surface area contributed by atoms with Gasteiger partial charge in [-0.1, -0.05) is 146 Å². The Morgan fingerprint density at radius 2 is 1.01 bits per heavy atom. The van der Waals surface area contributed by atoms with Crippen molar-refractivity contribution < 1.29 is 47.7 Å². The Labute approximate surface area is 424 Å². The van der Waals surface area contributed by atoms with Gasteiger partial charge in [-0.25, -0.2) is 14.4 Å². The Kier molecular flexibility index (Phi) is 19.4. The highest BCUT2D eigenvalue weighted by molar-refractivity contribution is 5.94. The highest BCUT2D eigenvalue weighted by Crippen LogP contribution is 2.31. The van der Waals surface area contributed by atoms with E-state index in [1.807, 2.05) is 153 Å². The number of ether oxygens (including phenoxy) is 4. The third-order valence-electron chi connectivity index (χ3n) is 12.0. The van der Waals surface area contributed by atoms with Crippen LogP contribution in [-0.4, -0.2) is 73.8 Å².